The fourth-order valence-electron chi connectivity index (χ4n) is 1.64. The van der Waals surface area contributed by atoms with E-state index < -0.39 is 5.97 Å². The molecule has 0 fully saturated rings. The van der Waals surface area contributed by atoms with E-state index in [0.717, 1.165) is 5.56 Å². The number of rotatable bonds is 1. The van der Waals surface area contributed by atoms with Crippen LogP contribution in [-0.2, 0) is 4.74 Å². The van der Waals surface area contributed by atoms with Crippen LogP contribution < -0.4 is 0 Å². The first-order valence-corrected chi connectivity index (χ1v) is 6.53. The fraction of sp³-hybridized carbons (Fsp3) is 0.167. The number of carbonyl (C=O) groups excluding carboxylic acids is 1. The number of halogens is 3. The summed E-state index contributed by atoms with van der Waals surface area (Å²) in [5, 5.41) is 1.62. The third-order valence-electron chi connectivity index (χ3n) is 2.56. The Kier molecular flexibility index (Phi) is 3.80. The number of ether oxygens (including phenoxy) is 1. The molecule has 0 saturated heterocycles. The van der Waals surface area contributed by atoms with Crippen molar-refractivity contribution in [2.45, 2.75) is 6.92 Å². The second-order valence-corrected chi connectivity index (χ2v) is 5.27. The molecule has 0 bridgehead atoms. The van der Waals surface area contributed by atoms with Gasteiger partial charge < -0.3 is 4.74 Å². The van der Waals surface area contributed by atoms with Crippen molar-refractivity contribution in [3.8, 4) is 0 Å². The number of esters is 1. The molecule has 0 aliphatic carbocycles. The number of carbonyl (C=O) groups is 1. The minimum atomic E-state index is -0.482. The summed E-state index contributed by atoms with van der Waals surface area (Å²) in [4.78, 5) is 15.8. The number of benzene rings is 1. The zero-order valence-corrected chi connectivity index (χ0v) is 12.7. The van der Waals surface area contributed by atoms with Crippen LogP contribution in [0.5, 0.6) is 0 Å². The van der Waals surface area contributed by atoms with Gasteiger partial charge in [0.2, 0.25) is 0 Å². The molecule has 1 heterocycles. The Hall–Kier alpha value is -0.840. The van der Waals surface area contributed by atoms with E-state index in [-0.39, 0.29) is 0 Å². The maximum absolute atomic E-state index is 11.6. The van der Waals surface area contributed by atoms with Crippen molar-refractivity contribution in [2.75, 3.05) is 7.11 Å². The summed E-state index contributed by atoms with van der Waals surface area (Å²) in [6.45, 7) is 1.84. The molecular weight excluding hydrogens is 341 g/mol. The van der Waals surface area contributed by atoms with Gasteiger partial charge in [-0.15, -0.1) is 0 Å². The van der Waals surface area contributed by atoms with Gasteiger partial charge in [0.1, 0.15) is 0 Å². The summed E-state index contributed by atoms with van der Waals surface area (Å²) in [6, 6.07) is 1.74. The van der Waals surface area contributed by atoms with E-state index in [4.69, 9.17) is 23.2 Å². The first-order chi connectivity index (χ1) is 8.47. The first-order valence-electron chi connectivity index (χ1n) is 4.98. The SMILES string of the molecule is COC(=O)c1cnc2c(Cl)cc(C)c(Cl)c2c1Br. The van der Waals surface area contributed by atoms with Crippen LogP contribution in [0, 0.1) is 6.92 Å². The number of methoxy groups -OCH3 is 1. The van der Waals surface area contributed by atoms with E-state index in [2.05, 4.69) is 25.7 Å². The molecule has 0 saturated carbocycles. The summed E-state index contributed by atoms with van der Waals surface area (Å²) in [7, 11) is 1.31. The smallest absolute Gasteiger partial charge is 0.340 e. The van der Waals surface area contributed by atoms with Crippen molar-refractivity contribution in [1.29, 1.82) is 0 Å². The highest BCUT2D eigenvalue weighted by Crippen LogP contribution is 2.37. The zero-order chi connectivity index (χ0) is 13.4. The van der Waals surface area contributed by atoms with Crippen molar-refractivity contribution in [1.82, 2.24) is 4.98 Å². The third kappa shape index (κ3) is 2.09. The third-order valence-corrected chi connectivity index (χ3v) is 4.15. The van der Waals surface area contributed by atoms with Crippen LogP contribution >= 0.6 is 39.1 Å². The van der Waals surface area contributed by atoms with Gasteiger partial charge in [-0.05, 0) is 34.5 Å². The summed E-state index contributed by atoms with van der Waals surface area (Å²) >= 11 is 15.7. The van der Waals surface area contributed by atoms with Crippen molar-refractivity contribution in [2.24, 2.45) is 0 Å². The molecule has 1 aromatic heterocycles. The molecule has 0 amide bonds. The topological polar surface area (TPSA) is 39.2 Å². The molecular formula is C12H8BrCl2NO2. The van der Waals surface area contributed by atoms with E-state index in [1.165, 1.54) is 13.3 Å². The van der Waals surface area contributed by atoms with E-state index >= 15 is 0 Å². The molecule has 0 aliphatic heterocycles. The Morgan fingerprint density at radius 2 is 2.11 bits per heavy atom. The van der Waals surface area contributed by atoms with Gasteiger partial charge in [0, 0.05) is 16.1 Å². The lowest BCUT2D eigenvalue weighted by Gasteiger charge is -2.10. The number of fused-ring (bicyclic) bond motifs is 1. The van der Waals surface area contributed by atoms with Crippen molar-refractivity contribution >= 4 is 56.0 Å². The van der Waals surface area contributed by atoms with Crippen molar-refractivity contribution in [3.05, 3.63) is 37.9 Å². The Labute approximate surface area is 122 Å². The highest BCUT2D eigenvalue weighted by Gasteiger charge is 2.18. The van der Waals surface area contributed by atoms with Gasteiger partial charge in [-0.1, -0.05) is 23.2 Å². The van der Waals surface area contributed by atoms with Gasteiger partial charge in [-0.25, -0.2) is 4.79 Å². The lowest BCUT2D eigenvalue weighted by Crippen LogP contribution is -2.04. The molecule has 0 atom stereocenters. The second kappa shape index (κ2) is 5.03. The monoisotopic (exact) mass is 347 g/mol. The van der Waals surface area contributed by atoms with Gasteiger partial charge in [-0.2, -0.15) is 0 Å². The van der Waals surface area contributed by atoms with E-state index in [1.807, 2.05) is 6.92 Å². The molecule has 1 aromatic carbocycles. The molecule has 0 unspecified atom stereocenters. The molecule has 0 aliphatic rings. The Morgan fingerprint density at radius 3 is 2.72 bits per heavy atom. The van der Waals surface area contributed by atoms with Gasteiger partial charge in [0.15, 0.2) is 0 Å². The van der Waals surface area contributed by atoms with Crippen LogP contribution in [0.15, 0.2) is 16.7 Å². The van der Waals surface area contributed by atoms with Gasteiger partial charge in [-0.3, -0.25) is 4.98 Å². The maximum Gasteiger partial charge on any atom is 0.340 e. The largest absolute Gasteiger partial charge is 0.465 e. The minimum absolute atomic E-state index is 0.313. The van der Waals surface area contributed by atoms with Crippen LogP contribution in [0.4, 0.5) is 0 Å². The molecule has 2 aromatic rings. The van der Waals surface area contributed by atoms with Crippen LogP contribution in [0.2, 0.25) is 10.0 Å². The average Bonchev–Trinajstić information content (AvgIpc) is 2.35. The van der Waals surface area contributed by atoms with Gasteiger partial charge in [0.25, 0.3) is 0 Å². The fourth-order valence-corrected chi connectivity index (χ4v) is 2.95. The number of nitrogens with zero attached hydrogens (tertiary/aromatic N) is 1. The summed E-state index contributed by atoms with van der Waals surface area (Å²) in [5.74, 6) is -0.482. The lowest BCUT2D eigenvalue weighted by atomic mass is 10.1. The van der Waals surface area contributed by atoms with Gasteiger partial charge in [0.05, 0.1) is 28.2 Å². The van der Waals surface area contributed by atoms with E-state index in [1.54, 1.807) is 6.07 Å². The number of pyridine rings is 1. The number of hydrogen-bond donors (Lipinski definition) is 0. The quantitative estimate of drug-likeness (QED) is 0.717. The zero-order valence-electron chi connectivity index (χ0n) is 9.55. The lowest BCUT2D eigenvalue weighted by molar-refractivity contribution is 0.0599. The predicted octanol–water partition coefficient (Wildman–Crippen LogP) is 4.40. The summed E-state index contributed by atoms with van der Waals surface area (Å²) < 4.78 is 5.22. The van der Waals surface area contributed by atoms with Crippen molar-refractivity contribution < 1.29 is 9.53 Å². The molecule has 18 heavy (non-hydrogen) atoms. The van der Waals surface area contributed by atoms with Crippen molar-refractivity contribution in [3.63, 3.8) is 0 Å². The van der Waals surface area contributed by atoms with Crippen LogP contribution in [0.1, 0.15) is 15.9 Å². The molecule has 2 rings (SSSR count). The van der Waals surface area contributed by atoms with Gasteiger partial charge >= 0.3 is 5.97 Å². The Morgan fingerprint density at radius 1 is 1.44 bits per heavy atom. The van der Waals surface area contributed by atoms with Crippen LogP contribution in [0.25, 0.3) is 10.9 Å². The molecule has 94 valence electrons. The Balaban J connectivity index is 2.89. The second-order valence-electron chi connectivity index (χ2n) is 3.69. The maximum atomic E-state index is 11.6. The van der Waals surface area contributed by atoms with Crippen LogP contribution in [-0.4, -0.2) is 18.1 Å². The predicted molar refractivity (Wildman–Crippen MR) is 75.5 cm³/mol. The van der Waals surface area contributed by atoms with E-state index in [9.17, 15) is 4.79 Å². The van der Waals surface area contributed by atoms with Crippen LogP contribution in [0.3, 0.4) is 0 Å². The number of aryl methyl sites for hydroxylation is 1. The summed E-state index contributed by atoms with van der Waals surface area (Å²) in [5.41, 5.74) is 1.68. The molecule has 0 radical (unpaired) electrons. The minimum Gasteiger partial charge on any atom is -0.465 e. The number of aromatic nitrogens is 1. The molecule has 0 N–H and O–H groups in total. The highest BCUT2D eigenvalue weighted by molar-refractivity contribution is 9.10. The average molecular weight is 349 g/mol. The highest BCUT2D eigenvalue weighted by atomic mass is 79.9. The molecule has 6 heteroatoms. The van der Waals surface area contributed by atoms with E-state index in [0.29, 0.717) is 31.0 Å². The number of hydrogen-bond acceptors (Lipinski definition) is 3. The normalized spacial score (nSPS) is 10.7. The molecule has 3 nitrogen and oxygen atoms in total. The first kappa shape index (κ1) is 13.6. The Bertz CT molecular complexity index is 658. The molecule has 0 spiro atoms. The standard InChI is InChI=1S/C12H8BrCl2NO2/c1-5-3-7(14)11-8(10(5)15)9(13)6(4-16-11)12(17)18-2/h3-4H,1-2H3. The summed E-state index contributed by atoms with van der Waals surface area (Å²) in [6.07, 6.45) is 1.41.